The summed E-state index contributed by atoms with van der Waals surface area (Å²) in [6.07, 6.45) is 0. The van der Waals surface area contributed by atoms with Crippen molar-refractivity contribution in [3.8, 4) is 0 Å². The standard InChI is InChI=1S/C15H17AsO/c1-13(2)16(17,14-9-5-3-6-10-14)15-11-7-4-8-12-15/h3-13H,1-2H3. The fraction of sp³-hybridized carbons (Fsp3) is 0.200. The Kier molecular flexibility index (Phi) is 3.59. The molecule has 0 saturated heterocycles. The molecule has 0 amide bonds. The average molecular weight is 288 g/mol. The summed E-state index contributed by atoms with van der Waals surface area (Å²) < 4.78 is 15.6. The van der Waals surface area contributed by atoms with Crippen LogP contribution in [0.3, 0.4) is 0 Å². The van der Waals surface area contributed by atoms with Gasteiger partial charge in [-0.25, -0.2) is 0 Å². The molecule has 0 aliphatic rings. The van der Waals surface area contributed by atoms with Crippen molar-refractivity contribution in [2.75, 3.05) is 0 Å². The fourth-order valence-corrected chi connectivity index (χ4v) is 7.75. The summed E-state index contributed by atoms with van der Waals surface area (Å²) in [7, 11) is 0. The van der Waals surface area contributed by atoms with Crippen molar-refractivity contribution in [2.24, 2.45) is 0 Å². The average Bonchev–Trinajstić information content (AvgIpc) is 2.39. The van der Waals surface area contributed by atoms with E-state index in [-0.39, 0.29) is 4.71 Å². The number of benzene rings is 2. The maximum absolute atomic E-state index is 13.4. The third-order valence-corrected chi connectivity index (χ3v) is 10.5. The van der Waals surface area contributed by atoms with Gasteiger partial charge >= 0.3 is 105 Å². The first-order valence-corrected chi connectivity index (χ1v) is 9.59. The minimum absolute atomic E-state index is 0.179. The minimum atomic E-state index is -3.22. The topological polar surface area (TPSA) is 17.1 Å². The van der Waals surface area contributed by atoms with E-state index >= 15 is 0 Å². The normalized spacial score (nSPS) is 11.7. The van der Waals surface area contributed by atoms with Crippen molar-refractivity contribution in [3.05, 3.63) is 60.7 Å². The third-order valence-electron chi connectivity index (χ3n) is 3.01. The van der Waals surface area contributed by atoms with Crippen LogP contribution in [0.25, 0.3) is 0 Å². The van der Waals surface area contributed by atoms with Crippen LogP contribution in [0.5, 0.6) is 0 Å². The van der Waals surface area contributed by atoms with Crippen molar-refractivity contribution in [3.63, 3.8) is 0 Å². The summed E-state index contributed by atoms with van der Waals surface area (Å²) >= 11 is -3.22. The molecule has 17 heavy (non-hydrogen) atoms. The van der Waals surface area contributed by atoms with Gasteiger partial charge in [0.05, 0.1) is 0 Å². The van der Waals surface area contributed by atoms with Gasteiger partial charge in [-0.3, -0.25) is 0 Å². The number of rotatable bonds is 3. The number of hydrogen-bond acceptors (Lipinski definition) is 1. The van der Waals surface area contributed by atoms with Crippen LogP contribution in [0.1, 0.15) is 13.8 Å². The van der Waals surface area contributed by atoms with Gasteiger partial charge < -0.3 is 0 Å². The summed E-state index contributed by atoms with van der Waals surface area (Å²) in [5.41, 5.74) is 0. The van der Waals surface area contributed by atoms with Crippen LogP contribution < -0.4 is 8.70 Å². The second-order valence-corrected chi connectivity index (χ2v) is 11.5. The van der Waals surface area contributed by atoms with Crippen molar-refractivity contribution in [1.29, 1.82) is 0 Å². The van der Waals surface area contributed by atoms with Crippen molar-refractivity contribution in [2.45, 2.75) is 18.6 Å². The van der Waals surface area contributed by atoms with Gasteiger partial charge in [-0.1, -0.05) is 0 Å². The number of hydrogen-bond donors (Lipinski definition) is 0. The Morgan fingerprint density at radius 3 is 1.41 bits per heavy atom. The van der Waals surface area contributed by atoms with Gasteiger partial charge in [0.25, 0.3) is 0 Å². The Morgan fingerprint density at radius 2 is 1.12 bits per heavy atom. The Morgan fingerprint density at radius 1 is 0.765 bits per heavy atom. The molecule has 88 valence electrons. The molecule has 0 N–H and O–H groups in total. The molecule has 2 heteroatoms. The zero-order chi connectivity index (χ0) is 12.3. The van der Waals surface area contributed by atoms with Crippen LogP contribution in [-0.4, -0.2) is 13.5 Å². The molecule has 0 spiro atoms. The molecule has 0 unspecified atom stereocenters. The van der Waals surface area contributed by atoms with Gasteiger partial charge in [-0.2, -0.15) is 0 Å². The Bertz CT molecular complexity index is 474. The SMILES string of the molecule is CC(C)[As](=O)(c1ccccc1)c1ccccc1. The van der Waals surface area contributed by atoms with E-state index in [2.05, 4.69) is 13.8 Å². The second kappa shape index (κ2) is 4.97. The van der Waals surface area contributed by atoms with E-state index in [9.17, 15) is 3.74 Å². The van der Waals surface area contributed by atoms with Gasteiger partial charge in [0.1, 0.15) is 0 Å². The van der Waals surface area contributed by atoms with E-state index in [1.807, 2.05) is 60.7 Å². The molecule has 0 aliphatic heterocycles. The van der Waals surface area contributed by atoms with Crippen LogP contribution in [0.4, 0.5) is 0 Å². The Balaban J connectivity index is 2.60. The van der Waals surface area contributed by atoms with Crippen molar-refractivity contribution in [1.82, 2.24) is 0 Å². The Labute approximate surface area is 105 Å². The molecule has 2 rings (SSSR count). The first-order valence-electron chi connectivity index (χ1n) is 5.86. The van der Waals surface area contributed by atoms with Gasteiger partial charge in [0.15, 0.2) is 0 Å². The predicted molar refractivity (Wildman–Crippen MR) is 73.7 cm³/mol. The van der Waals surface area contributed by atoms with Gasteiger partial charge in [0, 0.05) is 0 Å². The van der Waals surface area contributed by atoms with E-state index in [1.165, 1.54) is 0 Å². The van der Waals surface area contributed by atoms with Crippen molar-refractivity contribution >= 4 is 22.2 Å². The molecule has 0 aromatic heterocycles. The summed E-state index contributed by atoms with van der Waals surface area (Å²) in [6, 6.07) is 19.8. The molecule has 0 fully saturated rings. The molecule has 0 aliphatic carbocycles. The van der Waals surface area contributed by atoms with E-state index in [1.54, 1.807) is 0 Å². The molecular weight excluding hydrogens is 271 g/mol. The summed E-state index contributed by atoms with van der Waals surface area (Å²) in [5.74, 6) is 0. The maximum atomic E-state index is 13.4. The molecular formula is C15H17AsO. The molecule has 0 radical (unpaired) electrons. The van der Waals surface area contributed by atoms with Crippen LogP contribution >= 0.6 is 0 Å². The Hall–Kier alpha value is -1.20. The predicted octanol–water partition coefficient (Wildman–Crippen LogP) is 2.59. The first-order chi connectivity index (χ1) is 8.15. The molecule has 2 aromatic carbocycles. The van der Waals surface area contributed by atoms with Crippen LogP contribution in [0.15, 0.2) is 60.7 Å². The van der Waals surface area contributed by atoms with Crippen molar-refractivity contribution < 1.29 is 3.74 Å². The van der Waals surface area contributed by atoms with Crippen LogP contribution in [0.2, 0.25) is 4.71 Å². The molecule has 0 bridgehead atoms. The van der Waals surface area contributed by atoms with Gasteiger partial charge in [0.2, 0.25) is 0 Å². The van der Waals surface area contributed by atoms with Gasteiger partial charge in [-0.05, 0) is 0 Å². The van der Waals surface area contributed by atoms with Gasteiger partial charge in [-0.15, -0.1) is 0 Å². The first kappa shape index (κ1) is 12.3. The quantitative estimate of drug-likeness (QED) is 0.793. The van der Waals surface area contributed by atoms with E-state index in [0.29, 0.717) is 0 Å². The van der Waals surface area contributed by atoms with E-state index in [4.69, 9.17) is 0 Å². The summed E-state index contributed by atoms with van der Waals surface area (Å²) in [5, 5.41) is 0. The third kappa shape index (κ3) is 2.25. The zero-order valence-electron chi connectivity index (χ0n) is 10.2. The monoisotopic (exact) mass is 288 g/mol. The summed E-state index contributed by atoms with van der Waals surface area (Å²) in [6.45, 7) is 4.11. The zero-order valence-corrected chi connectivity index (χ0v) is 12.1. The fourth-order valence-electron chi connectivity index (χ4n) is 2.04. The molecule has 1 nitrogen and oxygen atoms in total. The van der Waals surface area contributed by atoms with E-state index < -0.39 is 13.5 Å². The molecule has 0 atom stereocenters. The summed E-state index contributed by atoms with van der Waals surface area (Å²) in [4.78, 5) is 0. The molecule has 0 heterocycles. The van der Waals surface area contributed by atoms with Crippen LogP contribution in [0, 0.1) is 0 Å². The molecule has 0 saturated carbocycles. The van der Waals surface area contributed by atoms with E-state index in [0.717, 1.165) is 8.70 Å². The molecule has 2 aromatic rings. The van der Waals surface area contributed by atoms with Crippen LogP contribution in [-0.2, 0) is 3.74 Å². The second-order valence-electron chi connectivity index (χ2n) is 4.42.